The quantitative estimate of drug-likeness (QED) is 0.590. The predicted octanol–water partition coefficient (Wildman–Crippen LogP) is 1.33. The largest absolute Gasteiger partial charge is 0.482 e. The lowest BCUT2D eigenvalue weighted by Crippen LogP contribution is -2.45. The van der Waals surface area contributed by atoms with E-state index in [4.69, 9.17) is 4.74 Å². The van der Waals surface area contributed by atoms with Gasteiger partial charge < -0.3 is 20.3 Å². The average molecular weight is 465 g/mol. The van der Waals surface area contributed by atoms with Crippen molar-refractivity contribution < 1.29 is 22.7 Å². The number of carbonyl (C=O) groups is 2. The van der Waals surface area contributed by atoms with E-state index in [1.807, 2.05) is 0 Å². The minimum atomic E-state index is -3.79. The summed E-state index contributed by atoms with van der Waals surface area (Å²) in [5.74, 6) is -0.339. The molecule has 3 aliphatic heterocycles. The summed E-state index contributed by atoms with van der Waals surface area (Å²) in [5, 5.41) is 5.69. The van der Waals surface area contributed by atoms with Crippen molar-refractivity contribution in [3.8, 4) is 5.75 Å². The summed E-state index contributed by atoms with van der Waals surface area (Å²) in [7, 11) is -3.79. The number of anilines is 1. The van der Waals surface area contributed by atoms with Crippen LogP contribution in [-0.4, -0.2) is 75.3 Å². The Morgan fingerprint density at radius 2 is 2.00 bits per heavy atom. The van der Waals surface area contributed by atoms with E-state index in [0.717, 1.165) is 26.1 Å². The van der Waals surface area contributed by atoms with Gasteiger partial charge in [0.2, 0.25) is 15.9 Å². The van der Waals surface area contributed by atoms with E-state index < -0.39 is 10.0 Å². The molecule has 2 N–H and O–H groups in total. The van der Waals surface area contributed by atoms with Gasteiger partial charge in [-0.3, -0.25) is 9.59 Å². The fraction of sp³-hybridized carbons (Fsp3) is 0.636. The van der Waals surface area contributed by atoms with Gasteiger partial charge in [-0.1, -0.05) is 0 Å². The molecule has 10 heteroatoms. The van der Waals surface area contributed by atoms with Crippen LogP contribution in [0.3, 0.4) is 0 Å². The van der Waals surface area contributed by atoms with E-state index in [-0.39, 0.29) is 35.8 Å². The Morgan fingerprint density at radius 1 is 1.22 bits per heavy atom. The van der Waals surface area contributed by atoms with Crippen molar-refractivity contribution >= 4 is 27.5 Å². The number of fused-ring (bicyclic) bond motifs is 1. The molecule has 2 saturated heterocycles. The zero-order valence-corrected chi connectivity index (χ0v) is 19.4. The molecule has 0 aromatic heterocycles. The van der Waals surface area contributed by atoms with Crippen LogP contribution in [0.4, 0.5) is 5.69 Å². The van der Waals surface area contributed by atoms with Gasteiger partial charge in [0, 0.05) is 25.7 Å². The fourth-order valence-electron chi connectivity index (χ4n) is 4.67. The van der Waals surface area contributed by atoms with Gasteiger partial charge >= 0.3 is 0 Å². The topological polar surface area (TPSA) is 108 Å². The number of amides is 2. The van der Waals surface area contributed by atoms with Crippen LogP contribution in [-0.2, 0) is 19.6 Å². The van der Waals surface area contributed by atoms with Crippen LogP contribution >= 0.6 is 0 Å². The van der Waals surface area contributed by atoms with Gasteiger partial charge in [-0.05, 0) is 70.3 Å². The number of ether oxygens (including phenoxy) is 1. The summed E-state index contributed by atoms with van der Waals surface area (Å²) in [6.07, 6.45) is 4.74. The maximum Gasteiger partial charge on any atom is 0.262 e. The summed E-state index contributed by atoms with van der Waals surface area (Å²) in [6.45, 7) is 6.01. The number of hydrogen-bond donors (Lipinski definition) is 2. The highest BCUT2D eigenvalue weighted by atomic mass is 32.2. The number of likely N-dealkylation sites (tertiary alicyclic amines) is 1. The van der Waals surface area contributed by atoms with Crippen LogP contribution in [0.1, 0.15) is 37.7 Å². The Labute approximate surface area is 189 Å². The molecule has 1 aromatic carbocycles. The highest BCUT2D eigenvalue weighted by molar-refractivity contribution is 7.89. The third-order valence-electron chi connectivity index (χ3n) is 6.43. The number of nitrogens with zero attached hydrogens (tertiary/aromatic N) is 2. The molecule has 0 radical (unpaired) electrons. The molecule has 2 amide bonds. The maximum absolute atomic E-state index is 13.4. The average Bonchev–Trinajstić information content (AvgIpc) is 3.29. The predicted molar refractivity (Wildman–Crippen MR) is 120 cm³/mol. The summed E-state index contributed by atoms with van der Waals surface area (Å²) in [5.41, 5.74) is 1.01. The zero-order chi connectivity index (χ0) is 22.7. The molecule has 3 heterocycles. The number of carbonyl (C=O) groups excluding carboxylic acids is 2. The van der Waals surface area contributed by atoms with E-state index in [1.54, 1.807) is 13.0 Å². The van der Waals surface area contributed by atoms with Gasteiger partial charge in [-0.15, -0.1) is 0 Å². The number of nitrogens with one attached hydrogen (secondary N) is 2. The van der Waals surface area contributed by atoms with E-state index in [1.165, 1.54) is 23.2 Å². The molecular weight excluding hydrogens is 432 g/mol. The molecule has 0 saturated carbocycles. The number of piperidine rings is 1. The second kappa shape index (κ2) is 9.76. The van der Waals surface area contributed by atoms with Crippen molar-refractivity contribution in [1.29, 1.82) is 0 Å². The van der Waals surface area contributed by atoms with Crippen LogP contribution in [0.2, 0.25) is 0 Å². The Morgan fingerprint density at radius 3 is 2.78 bits per heavy atom. The van der Waals surface area contributed by atoms with Crippen molar-refractivity contribution in [3.63, 3.8) is 0 Å². The van der Waals surface area contributed by atoms with Crippen molar-refractivity contribution in [2.24, 2.45) is 5.92 Å². The smallest absolute Gasteiger partial charge is 0.262 e. The summed E-state index contributed by atoms with van der Waals surface area (Å²) >= 11 is 0. The molecule has 2 fully saturated rings. The summed E-state index contributed by atoms with van der Waals surface area (Å²) in [4.78, 5) is 26.8. The Balaban J connectivity index is 1.37. The van der Waals surface area contributed by atoms with Crippen LogP contribution in [0.15, 0.2) is 17.0 Å². The summed E-state index contributed by atoms with van der Waals surface area (Å²) in [6, 6.07) is 3.09. The first-order valence-corrected chi connectivity index (χ1v) is 12.9. The normalized spacial score (nSPS) is 22.2. The highest BCUT2D eigenvalue weighted by Gasteiger charge is 2.35. The molecule has 32 heavy (non-hydrogen) atoms. The minimum absolute atomic E-state index is 0.0699. The Bertz CT molecular complexity index is 975. The van der Waals surface area contributed by atoms with E-state index in [9.17, 15) is 18.0 Å². The lowest BCUT2D eigenvalue weighted by molar-refractivity contribution is -0.126. The molecular formula is C22H32N4O5S. The third-order valence-corrected chi connectivity index (χ3v) is 8.44. The molecule has 3 aliphatic rings. The monoisotopic (exact) mass is 464 g/mol. The molecule has 0 unspecified atom stereocenters. The number of aryl methyl sites for hydroxylation is 1. The molecule has 9 nitrogen and oxygen atoms in total. The standard InChI is InChI=1S/C22H32N4O5S/c1-16-12-18-19(31-15-21(27)24-18)13-20(16)32(29,30)26-11-4-6-17(14-26)22(28)23-7-5-10-25-8-2-3-9-25/h12-13,17H,2-11,14-15H2,1H3,(H,23,28)(H,24,27)/t17-/m1/s1. The minimum Gasteiger partial charge on any atom is -0.482 e. The van der Waals surface area contributed by atoms with E-state index >= 15 is 0 Å². The maximum atomic E-state index is 13.4. The fourth-order valence-corrected chi connectivity index (χ4v) is 6.42. The van der Waals surface area contributed by atoms with Crippen LogP contribution < -0.4 is 15.4 Å². The van der Waals surface area contributed by atoms with Crippen LogP contribution in [0.25, 0.3) is 0 Å². The highest BCUT2D eigenvalue weighted by Crippen LogP contribution is 2.35. The van der Waals surface area contributed by atoms with Crippen LogP contribution in [0, 0.1) is 12.8 Å². The first-order valence-electron chi connectivity index (χ1n) is 11.4. The SMILES string of the molecule is Cc1cc2c(cc1S(=O)(=O)N1CCC[C@@H](C(=O)NCCCN3CCCC3)C1)OCC(=O)N2. The lowest BCUT2D eigenvalue weighted by Gasteiger charge is -2.32. The van der Waals surface area contributed by atoms with Gasteiger partial charge in [-0.2, -0.15) is 4.31 Å². The second-order valence-electron chi connectivity index (χ2n) is 8.85. The number of rotatable bonds is 7. The molecule has 0 bridgehead atoms. The van der Waals surface area contributed by atoms with E-state index in [2.05, 4.69) is 15.5 Å². The molecule has 0 aliphatic carbocycles. The van der Waals surface area contributed by atoms with Gasteiger partial charge in [0.05, 0.1) is 16.5 Å². The first kappa shape index (κ1) is 23.0. The first-order chi connectivity index (χ1) is 15.3. The number of benzene rings is 1. The van der Waals surface area contributed by atoms with Crippen molar-refractivity contribution in [1.82, 2.24) is 14.5 Å². The molecule has 4 rings (SSSR count). The second-order valence-corrected chi connectivity index (χ2v) is 10.8. The van der Waals surface area contributed by atoms with Crippen molar-refractivity contribution in [2.45, 2.75) is 43.9 Å². The van der Waals surface area contributed by atoms with E-state index in [0.29, 0.717) is 42.9 Å². The zero-order valence-electron chi connectivity index (χ0n) is 18.6. The summed E-state index contributed by atoms with van der Waals surface area (Å²) < 4.78 is 33.6. The molecule has 176 valence electrons. The molecule has 1 atom stereocenters. The van der Waals surface area contributed by atoms with Gasteiger partial charge in [0.15, 0.2) is 6.61 Å². The number of sulfonamides is 1. The van der Waals surface area contributed by atoms with Gasteiger partial charge in [0.1, 0.15) is 5.75 Å². The lowest BCUT2D eigenvalue weighted by atomic mass is 9.99. The van der Waals surface area contributed by atoms with Gasteiger partial charge in [0.25, 0.3) is 5.91 Å². The number of hydrogen-bond acceptors (Lipinski definition) is 6. The molecule has 1 aromatic rings. The Kier molecular flexibility index (Phi) is 7.02. The van der Waals surface area contributed by atoms with Crippen LogP contribution in [0.5, 0.6) is 5.75 Å². The van der Waals surface area contributed by atoms with Gasteiger partial charge in [-0.25, -0.2) is 8.42 Å². The van der Waals surface area contributed by atoms with Crippen molar-refractivity contribution in [2.75, 3.05) is 51.2 Å². The third kappa shape index (κ3) is 5.07. The Hall–Kier alpha value is -2.17. The molecule has 0 spiro atoms. The van der Waals surface area contributed by atoms with Crippen molar-refractivity contribution in [3.05, 3.63) is 17.7 Å².